The lowest BCUT2D eigenvalue weighted by atomic mass is 10.3. The zero-order valence-corrected chi connectivity index (χ0v) is 7.97. The summed E-state index contributed by atoms with van der Waals surface area (Å²) >= 11 is 0. The van der Waals surface area contributed by atoms with Gasteiger partial charge in [-0.2, -0.15) is 0 Å². The van der Waals surface area contributed by atoms with Crippen molar-refractivity contribution in [2.75, 3.05) is 19.7 Å². The molecule has 3 nitrogen and oxygen atoms in total. The molecule has 0 aliphatic carbocycles. The molecule has 1 unspecified atom stereocenters. The number of rotatable bonds is 4. The summed E-state index contributed by atoms with van der Waals surface area (Å²) in [4.78, 5) is 2.11. The zero-order valence-electron chi connectivity index (χ0n) is 7.97. The van der Waals surface area contributed by atoms with Crippen molar-refractivity contribution >= 4 is 5.84 Å². The number of amidine groups is 1. The number of likely N-dealkylation sites (tertiary alicyclic amines) is 1. The predicted octanol–water partition coefficient (Wildman–Crippen LogP) is 1.48. The summed E-state index contributed by atoms with van der Waals surface area (Å²) in [5, 5.41) is 7.60. The second-order valence-corrected chi connectivity index (χ2v) is 3.26. The minimum Gasteiger partial charge on any atom is -0.377 e. The standard InChI is InChI=1S/C9H18N2O/c1-3-12-8(2)7-11-6-4-5-9(11)10/h8,10H,3-7H2,1-2H3. The van der Waals surface area contributed by atoms with Crippen LogP contribution in [0.4, 0.5) is 0 Å². The maximum Gasteiger partial charge on any atom is 0.0959 e. The molecule has 0 radical (unpaired) electrons. The first-order valence-electron chi connectivity index (χ1n) is 4.68. The summed E-state index contributed by atoms with van der Waals surface area (Å²) in [5.74, 6) is 0.779. The minimum atomic E-state index is 0.258. The summed E-state index contributed by atoms with van der Waals surface area (Å²) in [7, 11) is 0. The van der Waals surface area contributed by atoms with Crippen molar-refractivity contribution in [3.8, 4) is 0 Å². The average molecular weight is 170 g/mol. The molecule has 0 saturated carbocycles. The van der Waals surface area contributed by atoms with Crippen molar-refractivity contribution in [1.29, 1.82) is 5.41 Å². The normalized spacial score (nSPS) is 20.2. The van der Waals surface area contributed by atoms with Gasteiger partial charge in [0, 0.05) is 26.1 Å². The fraction of sp³-hybridized carbons (Fsp3) is 0.889. The van der Waals surface area contributed by atoms with Crippen molar-refractivity contribution in [2.45, 2.75) is 32.8 Å². The van der Waals surface area contributed by atoms with E-state index in [1.54, 1.807) is 0 Å². The van der Waals surface area contributed by atoms with E-state index in [4.69, 9.17) is 10.1 Å². The Morgan fingerprint density at radius 3 is 2.92 bits per heavy atom. The van der Waals surface area contributed by atoms with Crippen LogP contribution >= 0.6 is 0 Å². The van der Waals surface area contributed by atoms with Gasteiger partial charge in [0.2, 0.25) is 0 Å². The van der Waals surface area contributed by atoms with Gasteiger partial charge in [-0.05, 0) is 20.3 Å². The van der Waals surface area contributed by atoms with Crippen LogP contribution in [0.15, 0.2) is 0 Å². The molecule has 12 heavy (non-hydrogen) atoms. The Balaban J connectivity index is 2.25. The van der Waals surface area contributed by atoms with E-state index in [0.717, 1.165) is 38.4 Å². The lowest BCUT2D eigenvalue weighted by Crippen LogP contribution is -2.32. The van der Waals surface area contributed by atoms with Crippen LogP contribution in [0, 0.1) is 5.41 Å². The van der Waals surface area contributed by atoms with Gasteiger partial charge in [0.1, 0.15) is 0 Å². The highest BCUT2D eigenvalue weighted by Crippen LogP contribution is 2.10. The Hall–Kier alpha value is -0.570. The smallest absolute Gasteiger partial charge is 0.0959 e. The van der Waals surface area contributed by atoms with E-state index < -0.39 is 0 Å². The molecule has 0 amide bonds. The molecule has 70 valence electrons. The first-order chi connectivity index (χ1) is 5.74. The van der Waals surface area contributed by atoms with Crippen molar-refractivity contribution in [3.05, 3.63) is 0 Å². The van der Waals surface area contributed by atoms with Gasteiger partial charge in [0.15, 0.2) is 0 Å². The zero-order chi connectivity index (χ0) is 8.97. The van der Waals surface area contributed by atoms with Gasteiger partial charge >= 0.3 is 0 Å². The Bertz CT molecular complexity index is 159. The van der Waals surface area contributed by atoms with E-state index in [-0.39, 0.29) is 6.10 Å². The Kier molecular flexibility index (Phi) is 3.53. The van der Waals surface area contributed by atoms with E-state index in [1.807, 2.05) is 6.92 Å². The van der Waals surface area contributed by atoms with Crippen LogP contribution in [0.3, 0.4) is 0 Å². The molecular weight excluding hydrogens is 152 g/mol. The van der Waals surface area contributed by atoms with Crippen LogP contribution in [-0.4, -0.2) is 36.5 Å². The van der Waals surface area contributed by atoms with Gasteiger partial charge in [-0.3, -0.25) is 5.41 Å². The number of hydrogen-bond donors (Lipinski definition) is 1. The van der Waals surface area contributed by atoms with Gasteiger partial charge in [0.05, 0.1) is 11.9 Å². The summed E-state index contributed by atoms with van der Waals surface area (Å²) in [6.07, 6.45) is 2.34. The second-order valence-electron chi connectivity index (χ2n) is 3.26. The van der Waals surface area contributed by atoms with E-state index in [2.05, 4.69) is 11.8 Å². The first-order valence-corrected chi connectivity index (χ1v) is 4.68. The SMILES string of the molecule is CCOC(C)CN1CCCC1=N. The molecule has 0 aromatic carbocycles. The van der Waals surface area contributed by atoms with E-state index >= 15 is 0 Å². The summed E-state index contributed by atoms with van der Waals surface area (Å²) in [6.45, 7) is 6.76. The molecule has 1 aliphatic rings. The molecule has 1 fully saturated rings. The monoisotopic (exact) mass is 170 g/mol. The molecule has 0 spiro atoms. The minimum absolute atomic E-state index is 0.258. The van der Waals surface area contributed by atoms with Crippen molar-refractivity contribution < 1.29 is 4.74 Å². The van der Waals surface area contributed by atoms with Crippen LogP contribution < -0.4 is 0 Å². The Morgan fingerprint density at radius 2 is 2.42 bits per heavy atom. The van der Waals surface area contributed by atoms with Crippen LogP contribution in [0.1, 0.15) is 26.7 Å². The van der Waals surface area contributed by atoms with E-state index in [9.17, 15) is 0 Å². The third-order valence-electron chi connectivity index (χ3n) is 2.15. The molecule has 0 aromatic heterocycles. The molecule has 1 saturated heterocycles. The first kappa shape index (κ1) is 9.52. The van der Waals surface area contributed by atoms with Crippen LogP contribution in [-0.2, 0) is 4.74 Å². The molecule has 3 heteroatoms. The van der Waals surface area contributed by atoms with Crippen LogP contribution in [0.5, 0.6) is 0 Å². The fourth-order valence-electron chi connectivity index (χ4n) is 1.58. The number of nitrogens with zero attached hydrogens (tertiary/aromatic N) is 1. The van der Waals surface area contributed by atoms with Gasteiger partial charge in [-0.15, -0.1) is 0 Å². The number of ether oxygens (including phenoxy) is 1. The summed E-state index contributed by atoms with van der Waals surface area (Å²) in [5.41, 5.74) is 0. The molecule has 0 bridgehead atoms. The fourth-order valence-corrected chi connectivity index (χ4v) is 1.58. The van der Waals surface area contributed by atoms with E-state index in [1.165, 1.54) is 0 Å². The van der Waals surface area contributed by atoms with Gasteiger partial charge in [0.25, 0.3) is 0 Å². The number of nitrogens with one attached hydrogen (secondary N) is 1. The highest BCUT2D eigenvalue weighted by molar-refractivity contribution is 5.80. The van der Waals surface area contributed by atoms with Gasteiger partial charge in [-0.1, -0.05) is 0 Å². The molecule has 1 aliphatic heterocycles. The van der Waals surface area contributed by atoms with Crippen LogP contribution in [0.2, 0.25) is 0 Å². The van der Waals surface area contributed by atoms with E-state index in [0.29, 0.717) is 0 Å². The summed E-state index contributed by atoms with van der Waals surface area (Å²) in [6, 6.07) is 0. The predicted molar refractivity (Wildman–Crippen MR) is 49.6 cm³/mol. The van der Waals surface area contributed by atoms with Crippen LogP contribution in [0.25, 0.3) is 0 Å². The van der Waals surface area contributed by atoms with Crippen molar-refractivity contribution in [3.63, 3.8) is 0 Å². The largest absolute Gasteiger partial charge is 0.377 e. The lowest BCUT2D eigenvalue weighted by molar-refractivity contribution is 0.0617. The average Bonchev–Trinajstić information content (AvgIpc) is 2.37. The quantitative estimate of drug-likeness (QED) is 0.694. The third kappa shape index (κ3) is 2.48. The highest BCUT2D eigenvalue weighted by atomic mass is 16.5. The van der Waals surface area contributed by atoms with Crippen molar-refractivity contribution in [1.82, 2.24) is 4.90 Å². The Labute approximate surface area is 74.2 Å². The molecule has 1 N–H and O–H groups in total. The topological polar surface area (TPSA) is 36.3 Å². The number of hydrogen-bond acceptors (Lipinski definition) is 2. The molecule has 1 atom stereocenters. The lowest BCUT2D eigenvalue weighted by Gasteiger charge is -2.22. The second kappa shape index (κ2) is 4.45. The van der Waals surface area contributed by atoms with Gasteiger partial charge in [-0.25, -0.2) is 0 Å². The maximum atomic E-state index is 7.60. The Morgan fingerprint density at radius 1 is 1.67 bits per heavy atom. The molecule has 0 aromatic rings. The molecule has 1 rings (SSSR count). The molecular formula is C9H18N2O. The van der Waals surface area contributed by atoms with Crippen molar-refractivity contribution in [2.24, 2.45) is 0 Å². The maximum absolute atomic E-state index is 7.60. The summed E-state index contributed by atoms with van der Waals surface area (Å²) < 4.78 is 5.41. The highest BCUT2D eigenvalue weighted by Gasteiger charge is 2.18. The van der Waals surface area contributed by atoms with Gasteiger partial charge < -0.3 is 9.64 Å². The third-order valence-corrected chi connectivity index (χ3v) is 2.15. The molecule has 1 heterocycles.